The average molecular weight is 324 g/mol. The van der Waals surface area contributed by atoms with E-state index in [1.807, 2.05) is 36.4 Å². The minimum absolute atomic E-state index is 0.157. The van der Waals surface area contributed by atoms with E-state index < -0.39 is 5.97 Å². The number of carbonyl (C=O) groups is 1. The normalized spacial score (nSPS) is 12.1. The van der Waals surface area contributed by atoms with Gasteiger partial charge in [0.2, 0.25) is 0 Å². The van der Waals surface area contributed by atoms with E-state index in [4.69, 9.17) is 16.7 Å². The molecule has 0 spiro atoms. The van der Waals surface area contributed by atoms with Gasteiger partial charge in [-0.15, -0.1) is 11.3 Å². The third-order valence-electron chi connectivity index (χ3n) is 3.42. The Morgan fingerprint density at radius 3 is 2.67 bits per heavy atom. The smallest absolute Gasteiger partial charge is 0.303 e. The largest absolute Gasteiger partial charge is 0.481 e. The van der Waals surface area contributed by atoms with Gasteiger partial charge in [-0.3, -0.25) is 4.79 Å². The summed E-state index contributed by atoms with van der Waals surface area (Å²) in [6.45, 7) is 2.82. The molecular formula is C16H18ClNO2S. The first-order valence-corrected chi connectivity index (χ1v) is 8.11. The Hall–Kier alpha value is -1.52. The van der Waals surface area contributed by atoms with Crippen LogP contribution in [-0.2, 0) is 4.79 Å². The quantitative estimate of drug-likeness (QED) is 0.793. The van der Waals surface area contributed by atoms with Crippen LogP contribution in [0.25, 0.3) is 0 Å². The van der Waals surface area contributed by atoms with Crippen LogP contribution in [0.3, 0.4) is 0 Å². The van der Waals surface area contributed by atoms with E-state index in [0.717, 1.165) is 15.6 Å². The number of hydrogen-bond acceptors (Lipinski definition) is 3. The molecule has 0 fully saturated rings. The van der Waals surface area contributed by atoms with Crippen LogP contribution >= 0.6 is 22.9 Å². The number of para-hydroxylation sites is 1. The summed E-state index contributed by atoms with van der Waals surface area (Å²) in [5.74, 6) is -0.755. The maximum atomic E-state index is 10.7. The molecule has 0 aliphatic rings. The van der Waals surface area contributed by atoms with Crippen molar-refractivity contribution in [2.75, 3.05) is 11.4 Å². The molecule has 0 bridgehead atoms. The number of hydrogen-bond donors (Lipinski definition) is 1. The zero-order valence-electron chi connectivity index (χ0n) is 11.8. The predicted octanol–water partition coefficient (Wildman–Crippen LogP) is 4.83. The van der Waals surface area contributed by atoms with Crippen molar-refractivity contribution in [3.63, 3.8) is 0 Å². The molecule has 5 heteroatoms. The van der Waals surface area contributed by atoms with Crippen LogP contribution in [0.1, 0.15) is 31.4 Å². The molecule has 1 aromatic carbocycles. The Bertz CT molecular complexity index is 585. The Labute approximate surface area is 133 Å². The van der Waals surface area contributed by atoms with Crippen LogP contribution in [0.5, 0.6) is 0 Å². The molecule has 1 unspecified atom stereocenters. The first-order valence-electron chi connectivity index (χ1n) is 6.85. The van der Waals surface area contributed by atoms with Crippen molar-refractivity contribution in [3.05, 3.63) is 51.7 Å². The molecule has 0 saturated heterocycles. The summed E-state index contributed by atoms with van der Waals surface area (Å²) in [5.41, 5.74) is 2.25. The van der Waals surface area contributed by atoms with Gasteiger partial charge in [0, 0.05) is 18.7 Å². The lowest BCUT2D eigenvalue weighted by Gasteiger charge is -2.31. The number of nitrogens with zero attached hydrogens (tertiary/aromatic N) is 1. The summed E-state index contributed by atoms with van der Waals surface area (Å²) in [6, 6.07) is 12.2. The first-order chi connectivity index (χ1) is 10.1. The van der Waals surface area contributed by atoms with Crippen molar-refractivity contribution < 1.29 is 9.90 Å². The minimum atomic E-state index is -0.755. The second-order valence-electron chi connectivity index (χ2n) is 4.89. The van der Waals surface area contributed by atoms with Gasteiger partial charge in [-0.05, 0) is 42.5 Å². The highest BCUT2D eigenvalue weighted by atomic mass is 35.5. The highest BCUT2D eigenvalue weighted by Gasteiger charge is 2.17. The van der Waals surface area contributed by atoms with Crippen molar-refractivity contribution in [1.29, 1.82) is 0 Å². The summed E-state index contributed by atoms with van der Waals surface area (Å²) in [6.07, 6.45) is 0.798. The fraction of sp³-hybridized carbons (Fsp3) is 0.312. The molecule has 1 atom stereocenters. The lowest BCUT2D eigenvalue weighted by Crippen LogP contribution is -2.28. The Balaban J connectivity index is 2.16. The van der Waals surface area contributed by atoms with Crippen LogP contribution in [-0.4, -0.2) is 17.6 Å². The number of carboxylic acids is 1. The molecule has 2 rings (SSSR count). The van der Waals surface area contributed by atoms with Gasteiger partial charge in [0.25, 0.3) is 0 Å². The van der Waals surface area contributed by atoms with Gasteiger partial charge >= 0.3 is 5.97 Å². The SMILES string of the molecule is CC(c1csc(Cl)c1)N(CCCC(=O)O)c1ccccc1. The monoisotopic (exact) mass is 323 g/mol. The molecule has 1 N–H and O–H groups in total. The number of benzene rings is 1. The number of halogens is 1. The second kappa shape index (κ2) is 7.48. The van der Waals surface area contributed by atoms with Gasteiger partial charge < -0.3 is 10.0 Å². The lowest BCUT2D eigenvalue weighted by molar-refractivity contribution is -0.137. The lowest BCUT2D eigenvalue weighted by atomic mass is 10.1. The first kappa shape index (κ1) is 15.9. The number of rotatable bonds is 7. The second-order valence-corrected chi connectivity index (χ2v) is 6.43. The van der Waals surface area contributed by atoms with E-state index >= 15 is 0 Å². The van der Waals surface area contributed by atoms with Crippen LogP contribution in [0, 0.1) is 0 Å². The standard InChI is InChI=1S/C16H18ClNO2S/c1-12(13-10-15(17)21-11-13)18(9-5-8-16(19)20)14-6-3-2-4-7-14/h2-4,6-7,10-12H,5,8-9H2,1H3,(H,19,20). The molecule has 2 aromatic rings. The molecule has 3 nitrogen and oxygen atoms in total. The summed E-state index contributed by atoms with van der Waals surface area (Å²) in [4.78, 5) is 12.9. The van der Waals surface area contributed by atoms with E-state index in [1.165, 1.54) is 11.3 Å². The molecule has 0 radical (unpaired) electrons. The fourth-order valence-electron chi connectivity index (χ4n) is 2.29. The van der Waals surface area contributed by atoms with Crippen molar-refractivity contribution in [1.82, 2.24) is 0 Å². The Morgan fingerprint density at radius 1 is 1.38 bits per heavy atom. The number of thiophene rings is 1. The third-order valence-corrected chi connectivity index (χ3v) is 4.52. The number of anilines is 1. The van der Waals surface area contributed by atoms with Gasteiger partial charge in [0.05, 0.1) is 10.4 Å². The average Bonchev–Trinajstić information content (AvgIpc) is 2.90. The van der Waals surface area contributed by atoms with Crippen molar-refractivity contribution >= 4 is 34.6 Å². The molecular weight excluding hydrogens is 306 g/mol. The molecule has 1 aromatic heterocycles. The highest BCUT2D eigenvalue weighted by molar-refractivity contribution is 7.14. The summed E-state index contributed by atoms with van der Waals surface area (Å²) in [7, 11) is 0. The third kappa shape index (κ3) is 4.48. The summed E-state index contributed by atoms with van der Waals surface area (Å²) >= 11 is 7.54. The Morgan fingerprint density at radius 2 is 2.10 bits per heavy atom. The van der Waals surface area contributed by atoms with E-state index in [9.17, 15) is 4.79 Å². The number of carboxylic acid groups (broad SMARTS) is 1. The van der Waals surface area contributed by atoms with Gasteiger partial charge in [-0.2, -0.15) is 0 Å². The topological polar surface area (TPSA) is 40.5 Å². The van der Waals surface area contributed by atoms with E-state index in [0.29, 0.717) is 13.0 Å². The van der Waals surface area contributed by atoms with Crippen molar-refractivity contribution in [2.45, 2.75) is 25.8 Å². The minimum Gasteiger partial charge on any atom is -0.481 e. The maximum absolute atomic E-state index is 10.7. The van der Waals surface area contributed by atoms with Gasteiger partial charge in [0.1, 0.15) is 0 Å². The molecule has 112 valence electrons. The van der Waals surface area contributed by atoms with Crippen LogP contribution in [0.2, 0.25) is 4.34 Å². The Kier molecular flexibility index (Phi) is 5.65. The van der Waals surface area contributed by atoms with Crippen LogP contribution in [0.4, 0.5) is 5.69 Å². The van der Waals surface area contributed by atoms with Gasteiger partial charge in [0.15, 0.2) is 0 Å². The zero-order chi connectivity index (χ0) is 15.2. The summed E-state index contributed by atoms with van der Waals surface area (Å²) in [5, 5.41) is 10.9. The van der Waals surface area contributed by atoms with E-state index in [1.54, 1.807) is 0 Å². The predicted molar refractivity (Wildman–Crippen MR) is 88.4 cm³/mol. The van der Waals surface area contributed by atoms with Crippen LogP contribution < -0.4 is 4.90 Å². The molecule has 0 aliphatic carbocycles. The summed E-state index contributed by atoms with van der Waals surface area (Å²) < 4.78 is 0.774. The number of aliphatic carboxylic acids is 1. The fourth-order valence-corrected chi connectivity index (χ4v) is 3.27. The van der Waals surface area contributed by atoms with Crippen LogP contribution in [0.15, 0.2) is 41.8 Å². The highest BCUT2D eigenvalue weighted by Crippen LogP contribution is 2.31. The van der Waals surface area contributed by atoms with E-state index in [-0.39, 0.29) is 12.5 Å². The van der Waals surface area contributed by atoms with Crippen molar-refractivity contribution in [3.8, 4) is 0 Å². The molecule has 0 aliphatic heterocycles. The van der Waals surface area contributed by atoms with Gasteiger partial charge in [-0.25, -0.2) is 0 Å². The molecule has 21 heavy (non-hydrogen) atoms. The molecule has 0 saturated carbocycles. The van der Waals surface area contributed by atoms with Crippen molar-refractivity contribution in [2.24, 2.45) is 0 Å². The van der Waals surface area contributed by atoms with E-state index in [2.05, 4.69) is 17.2 Å². The molecule has 0 amide bonds. The van der Waals surface area contributed by atoms with Gasteiger partial charge in [-0.1, -0.05) is 29.8 Å². The molecule has 1 heterocycles. The zero-order valence-corrected chi connectivity index (χ0v) is 13.4. The maximum Gasteiger partial charge on any atom is 0.303 e.